The molecule has 0 aromatic rings. The van der Waals surface area contributed by atoms with Gasteiger partial charge in [0.15, 0.2) is 0 Å². The van der Waals surface area contributed by atoms with Gasteiger partial charge in [0.1, 0.15) is 0 Å². The van der Waals surface area contributed by atoms with Crippen LogP contribution in [0.2, 0.25) is 0 Å². The average molecular weight is 240 g/mol. The third kappa shape index (κ3) is 4.97. The number of rotatable bonds is 5. The Kier molecular flexibility index (Phi) is 5.03. The molecule has 1 saturated heterocycles. The van der Waals surface area contributed by atoms with Crippen molar-refractivity contribution < 1.29 is 0 Å². The molecule has 1 fully saturated rings. The van der Waals surface area contributed by atoms with Crippen molar-refractivity contribution in [2.75, 3.05) is 26.2 Å². The van der Waals surface area contributed by atoms with Gasteiger partial charge < -0.3 is 10.2 Å². The van der Waals surface area contributed by atoms with E-state index in [4.69, 9.17) is 0 Å². The minimum absolute atomic E-state index is 0.349. The van der Waals surface area contributed by atoms with Crippen molar-refractivity contribution in [3.05, 3.63) is 0 Å². The molecule has 1 aliphatic heterocycles. The molecule has 102 valence electrons. The summed E-state index contributed by atoms with van der Waals surface area (Å²) >= 11 is 0. The Balaban J connectivity index is 2.49. The summed E-state index contributed by atoms with van der Waals surface area (Å²) < 4.78 is 0. The lowest BCUT2D eigenvalue weighted by Gasteiger charge is -2.35. The van der Waals surface area contributed by atoms with Gasteiger partial charge in [-0.05, 0) is 36.8 Å². The summed E-state index contributed by atoms with van der Waals surface area (Å²) in [7, 11) is 0. The summed E-state index contributed by atoms with van der Waals surface area (Å²) in [6, 6.07) is 0.608. The molecular weight excluding hydrogens is 208 g/mol. The molecule has 1 heterocycles. The van der Waals surface area contributed by atoms with E-state index >= 15 is 0 Å². The standard InChI is InChI=1S/C15H32N2/c1-7-9-16-13(14(2,3)4)11-17-10-8-15(5,6)12-17/h13,16H,7-12H2,1-6H3. The van der Waals surface area contributed by atoms with E-state index in [1.54, 1.807) is 0 Å². The second kappa shape index (κ2) is 5.71. The van der Waals surface area contributed by atoms with Crippen LogP contribution in [0.5, 0.6) is 0 Å². The lowest BCUT2D eigenvalue weighted by Crippen LogP contribution is -2.48. The molecule has 0 spiro atoms. The molecule has 0 radical (unpaired) electrons. The minimum atomic E-state index is 0.349. The second-order valence-electron chi connectivity index (χ2n) is 7.52. The fourth-order valence-corrected chi connectivity index (χ4v) is 2.60. The van der Waals surface area contributed by atoms with Crippen molar-refractivity contribution in [2.45, 2.75) is 60.4 Å². The largest absolute Gasteiger partial charge is 0.312 e. The van der Waals surface area contributed by atoms with E-state index < -0.39 is 0 Å². The first-order valence-electron chi connectivity index (χ1n) is 7.20. The van der Waals surface area contributed by atoms with Crippen molar-refractivity contribution in [3.63, 3.8) is 0 Å². The van der Waals surface area contributed by atoms with Gasteiger partial charge in [-0.15, -0.1) is 0 Å². The molecule has 1 rings (SSSR count). The second-order valence-corrected chi connectivity index (χ2v) is 7.52. The van der Waals surface area contributed by atoms with Gasteiger partial charge in [0, 0.05) is 19.1 Å². The Hall–Kier alpha value is -0.0800. The molecule has 0 aromatic carbocycles. The lowest BCUT2D eigenvalue weighted by molar-refractivity contribution is 0.184. The summed E-state index contributed by atoms with van der Waals surface area (Å²) in [5.41, 5.74) is 0.870. The van der Waals surface area contributed by atoms with E-state index in [1.807, 2.05) is 0 Å². The van der Waals surface area contributed by atoms with Crippen LogP contribution >= 0.6 is 0 Å². The van der Waals surface area contributed by atoms with Gasteiger partial charge in [-0.1, -0.05) is 41.5 Å². The Labute approximate surface area is 108 Å². The molecule has 2 nitrogen and oxygen atoms in total. The van der Waals surface area contributed by atoms with Crippen molar-refractivity contribution in [1.29, 1.82) is 0 Å². The molecule has 1 N–H and O–H groups in total. The van der Waals surface area contributed by atoms with Gasteiger partial charge in [0.25, 0.3) is 0 Å². The first-order chi connectivity index (χ1) is 7.74. The summed E-state index contributed by atoms with van der Waals surface area (Å²) in [6.07, 6.45) is 2.57. The van der Waals surface area contributed by atoms with E-state index in [1.165, 1.54) is 32.5 Å². The maximum atomic E-state index is 3.72. The summed E-state index contributed by atoms with van der Waals surface area (Å²) in [5, 5.41) is 3.72. The average Bonchev–Trinajstić information content (AvgIpc) is 2.51. The van der Waals surface area contributed by atoms with Crippen LogP contribution in [-0.4, -0.2) is 37.1 Å². The highest BCUT2D eigenvalue weighted by atomic mass is 15.2. The zero-order valence-corrected chi connectivity index (χ0v) is 12.8. The molecule has 0 aliphatic carbocycles. The fourth-order valence-electron chi connectivity index (χ4n) is 2.60. The molecule has 0 bridgehead atoms. The highest BCUT2D eigenvalue weighted by Gasteiger charge is 2.33. The predicted molar refractivity (Wildman–Crippen MR) is 76.4 cm³/mol. The predicted octanol–water partition coefficient (Wildman–Crippen LogP) is 3.13. The van der Waals surface area contributed by atoms with Crippen molar-refractivity contribution in [1.82, 2.24) is 10.2 Å². The molecule has 1 atom stereocenters. The van der Waals surface area contributed by atoms with Gasteiger partial charge in [-0.2, -0.15) is 0 Å². The van der Waals surface area contributed by atoms with Crippen LogP contribution in [0.4, 0.5) is 0 Å². The highest BCUT2D eigenvalue weighted by molar-refractivity contribution is 4.89. The third-order valence-electron chi connectivity index (χ3n) is 3.88. The van der Waals surface area contributed by atoms with E-state index in [9.17, 15) is 0 Å². The summed E-state index contributed by atoms with van der Waals surface area (Å²) in [5.74, 6) is 0. The summed E-state index contributed by atoms with van der Waals surface area (Å²) in [4.78, 5) is 2.64. The fraction of sp³-hybridized carbons (Fsp3) is 1.00. The van der Waals surface area contributed by atoms with Gasteiger partial charge in [-0.3, -0.25) is 0 Å². The normalized spacial score (nSPS) is 22.9. The number of nitrogens with zero attached hydrogens (tertiary/aromatic N) is 1. The first-order valence-corrected chi connectivity index (χ1v) is 7.20. The topological polar surface area (TPSA) is 15.3 Å². The highest BCUT2D eigenvalue weighted by Crippen LogP contribution is 2.30. The van der Waals surface area contributed by atoms with Crippen molar-refractivity contribution in [2.24, 2.45) is 10.8 Å². The smallest absolute Gasteiger partial charge is 0.0243 e. The monoisotopic (exact) mass is 240 g/mol. The van der Waals surface area contributed by atoms with Crippen LogP contribution in [0, 0.1) is 10.8 Å². The maximum Gasteiger partial charge on any atom is 0.0243 e. The number of likely N-dealkylation sites (tertiary alicyclic amines) is 1. The number of hydrogen-bond acceptors (Lipinski definition) is 2. The van der Waals surface area contributed by atoms with Gasteiger partial charge in [-0.25, -0.2) is 0 Å². The van der Waals surface area contributed by atoms with Gasteiger partial charge in [0.05, 0.1) is 0 Å². The van der Waals surface area contributed by atoms with Crippen LogP contribution in [0.15, 0.2) is 0 Å². The quantitative estimate of drug-likeness (QED) is 0.794. The molecule has 0 aromatic heterocycles. The Morgan fingerprint density at radius 2 is 1.94 bits per heavy atom. The number of hydrogen-bond donors (Lipinski definition) is 1. The van der Waals surface area contributed by atoms with Crippen LogP contribution in [0.3, 0.4) is 0 Å². The molecule has 2 heteroatoms. The van der Waals surface area contributed by atoms with E-state index in [2.05, 4.69) is 51.8 Å². The molecule has 17 heavy (non-hydrogen) atoms. The third-order valence-corrected chi connectivity index (χ3v) is 3.88. The zero-order valence-electron chi connectivity index (χ0n) is 12.8. The van der Waals surface area contributed by atoms with Gasteiger partial charge >= 0.3 is 0 Å². The Bertz CT molecular complexity index is 228. The van der Waals surface area contributed by atoms with E-state index in [-0.39, 0.29) is 0 Å². The number of nitrogens with one attached hydrogen (secondary N) is 1. The minimum Gasteiger partial charge on any atom is -0.312 e. The van der Waals surface area contributed by atoms with Crippen molar-refractivity contribution >= 4 is 0 Å². The van der Waals surface area contributed by atoms with Crippen LogP contribution in [0.25, 0.3) is 0 Å². The van der Waals surface area contributed by atoms with E-state index in [0.717, 1.165) is 6.54 Å². The van der Waals surface area contributed by atoms with Gasteiger partial charge in [0.2, 0.25) is 0 Å². The molecule has 0 amide bonds. The maximum absolute atomic E-state index is 3.72. The molecule has 1 aliphatic rings. The van der Waals surface area contributed by atoms with Crippen LogP contribution in [0.1, 0.15) is 54.4 Å². The first kappa shape index (κ1) is 15.0. The molecule has 1 unspecified atom stereocenters. The van der Waals surface area contributed by atoms with E-state index in [0.29, 0.717) is 16.9 Å². The van der Waals surface area contributed by atoms with Crippen LogP contribution < -0.4 is 5.32 Å². The van der Waals surface area contributed by atoms with Crippen LogP contribution in [-0.2, 0) is 0 Å². The zero-order chi connectivity index (χ0) is 13.1. The Morgan fingerprint density at radius 1 is 1.29 bits per heavy atom. The molecule has 0 saturated carbocycles. The lowest BCUT2D eigenvalue weighted by atomic mass is 9.86. The summed E-state index contributed by atoms with van der Waals surface area (Å²) in [6.45, 7) is 18.9. The van der Waals surface area contributed by atoms with Crippen molar-refractivity contribution in [3.8, 4) is 0 Å². The molecular formula is C15H32N2. The Morgan fingerprint density at radius 3 is 2.35 bits per heavy atom. The SMILES string of the molecule is CCCNC(CN1CCC(C)(C)C1)C(C)(C)C.